The van der Waals surface area contributed by atoms with E-state index in [2.05, 4.69) is 0 Å². The van der Waals surface area contributed by atoms with E-state index in [0.717, 1.165) is 10.4 Å². The second kappa shape index (κ2) is 7.17. The molecule has 4 heteroatoms. The molecule has 0 atom stereocenters. The lowest BCUT2D eigenvalue weighted by Gasteiger charge is -2.01. The van der Waals surface area contributed by atoms with E-state index in [0.29, 0.717) is 5.02 Å². The molecule has 0 saturated heterocycles. The van der Waals surface area contributed by atoms with Gasteiger partial charge in [-0.15, -0.1) is 11.3 Å². The fourth-order valence-electron chi connectivity index (χ4n) is 1.73. The van der Waals surface area contributed by atoms with Crippen LogP contribution in [0.25, 0.3) is 6.08 Å². The van der Waals surface area contributed by atoms with Gasteiger partial charge < -0.3 is 0 Å². The van der Waals surface area contributed by atoms with Crippen LogP contribution in [0.5, 0.6) is 0 Å². The number of Topliss-reactive ketones (excluding diaryl/α,β-unsaturated/α-hetero) is 1. The van der Waals surface area contributed by atoms with E-state index in [1.165, 1.54) is 6.08 Å². The third-order valence-electron chi connectivity index (χ3n) is 2.69. The summed E-state index contributed by atoms with van der Waals surface area (Å²) < 4.78 is 0. The predicted molar refractivity (Wildman–Crippen MR) is 83.1 cm³/mol. The van der Waals surface area contributed by atoms with E-state index in [4.69, 9.17) is 11.6 Å². The van der Waals surface area contributed by atoms with Gasteiger partial charge in [0.2, 0.25) is 0 Å². The molecule has 0 bridgehead atoms. The molecule has 0 aliphatic heterocycles. The number of thiophene rings is 1. The number of carbonyl (C=O) groups excluding carboxylic acids is 2. The van der Waals surface area contributed by atoms with E-state index in [-0.39, 0.29) is 24.4 Å². The molecule has 1 aromatic carbocycles. The molecule has 1 heterocycles. The highest BCUT2D eigenvalue weighted by molar-refractivity contribution is 7.10. The Morgan fingerprint density at radius 1 is 1.15 bits per heavy atom. The maximum absolute atomic E-state index is 11.8. The third kappa shape index (κ3) is 4.44. The van der Waals surface area contributed by atoms with E-state index >= 15 is 0 Å². The second-order valence-electron chi connectivity index (χ2n) is 4.30. The first kappa shape index (κ1) is 14.7. The minimum absolute atomic E-state index is 0.0902. The van der Waals surface area contributed by atoms with Crippen LogP contribution in [0.15, 0.2) is 47.9 Å². The number of benzene rings is 1. The summed E-state index contributed by atoms with van der Waals surface area (Å²) in [5.74, 6) is -0.311. The molecular weight excluding hydrogens is 292 g/mol. The van der Waals surface area contributed by atoms with Crippen molar-refractivity contribution < 1.29 is 9.59 Å². The van der Waals surface area contributed by atoms with E-state index < -0.39 is 0 Å². The maximum atomic E-state index is 11.8. The summed E-state index contributed by atoms with van der Waals surface area (Å²) in [7, 11) is 0. The fourth-order valence-corrected chi connectivity index (χ4v) is 2.55. The van der Waals surface area contributed by atoms with Crippen molar-refractivity contribution in [3.05, 3.63) is 63.3 Å². The molecule has 0 saturated carbocycles. The highest BCUT2D eigenvalue weighted by atomic mass is 35.5. The summed E-state index contributed by atoms with van der Waals surface area (Å²) in [6, 6.07) is 11.0. The molecule has 0 amide bonds. The van der Waals surface area contributed by atoms with Crippen molar-refractivity contribution in [1.29, 1.82) is 0 Å². The minimum atomic E-state index is -0.185. The van der Waals surface area contributed by atoms with Gasteiger partial charge in [0, 0.05) is 16.3 Å². The lowest BCUT2D eigenvalue weighted by molar-refractivity contribution is -0.124. The van der Waals surface area contributed by atoms with Gasteiger partial charge in [0.05, 0.1) is 6.42 Å². The average molecular weight is 305 g/mol. The average Bonchev–Trinajstić information content (AvgIpc) is 2.92. The fraction of sp³-hybridized carbons (Fsp3) is 0.125. The first-order valence-corrected chi connectivity index (χ1v) is 7.40. The molecule has 0 radical (unpaired) electrons. The zero-order valence-corrected chi connectivity index (χ0v) is 12.3. The van der Waals surface area contributed by atoms with Gasteiger partial charge in [-0.2, -0.15) is 0 Å². The third-order valence-corrected chi connectivity index (χ3v) is 3.90. The van der Waals surface area contributed by atoms with Crippen molar-refractivity contribution >= 4 is 40.6 Å². The number of carbonyl (C=O) groups is 2. The predicted octanol–water partition coefficient (Wildman–Crippen LogP) is 4.19. The highest BCUT2D eigenvalue weighted by Crippen LogP contribution is 2.16. The summed E-state index contributed by atoms with van der Waals surface area (Å²) in [5, 5.41) is 2.50. The standard InChI is InChI=1S/C16H13ClO2S/c17-16-6-2-1-4-12(16)10-14(19)11-13(18)7-8-15-5-3-9-20-15/h1-9H,10-11H2/b8-7+. The summed E-state index contributed by atoms with van der Waals surface area (Å²) in [6.07, 6.45) is 3.29. The molecule has 1 aromatic heterocycles. The lowest BCUT2D eigenvalue weighted by Crippen LogP contribution is -2.08. The number of hydrogen-bond acceptors (Lipinski definition) is 3. The van der Waals surface area contributed by atoms with Crippen molar-refractivity contribution in [3.63, 3.8) is 0 Å². The highest BCUT2D eigenvalue weighted by Gasteiger charge is 2.10. The van der Waals surface area contributed by atoms with Gasteiger partial charge in [0.15, 0.2) is 5.78 Å². The van der Waals surface area contributed by atoms with Crippen LogP contribution in [0.4, 0.5) is 0 Å². The molecule has 0 aliphatic carbocycles. The number of rotatable bonds is 6. The molecule has 2 nitrogen and oxygen atoms in total. The zero-order chi connectivity index (χ0) is 14.4. The molecule has 0 spiro atoms. The van der Waals surface area contributed by atoms with Gasteiger partial charge in [0.1, 0.15) is 5.78 Å². The summed E-state index contributed by atoms with van der Waals surface area (Å²) >= 11 is 7.53. The van der Waals surface area contributed by atoms with Gasteiger partial charge in [-0.1, -0.05) is 35.9 Å². The summed E-state index contributed by atoms with van der Waals surface area (Å²) in [4.78, 5) is 24.5. The Hall–Kier alpha value is -1.71. The molecule has 2 aromatic rings. The van der Waals surface area contributed by atoms with E-state index in [1.54, 1.807) is 29.5 Å². The largest absolute Gasteiger partial charge is 0.299 e. The number of halogens is 1. The monoisotopic (exact) mass is 304 g/mol. The molecule has 0 unspecified atom stereocenters. The molecule has 0 N–H and O–H groups in total. The van der Waals surface area contributed by atoms with Crippen molar-refractivity contribution in [3.8, 4) is 0 Å². The number of allylic oxidation sites excluding steroid dienone is 1. The Balaban J connectivity index is 1.88. The molecule has 2 rings (SSSR count). The van der Waals surface area contributed by atoms with Gasteiger partial charge in [0.25, 0.3) is 0 Å². The summed E-state index contributed by atoms with van der Waals surface area (Å²) in [5.41, 5.74) is 0.759. The van der Waals surface area contributed by atoms with Crippen LogP contribution < -0.4 is 0 Å². The van der Waals surface area contributed by atoms with Gasteiger partial charge in [-0.3, -0.25) is 9.59 Å². The van der Waals surface area contributed by atoms with E-state index in [1.807, 2.05) is 29.6 Å². The Morgan fingerprint density at radius 3 is 2.65 bits per heavy atom. The molecule has 0 aliphatic rings. The van der Waals surface area contributed by atoms with Crippen molar-refractivity contribution in [2.45, 2.75) is 12.8 Å². The van der Waals surface area contributed by atoms with Crippen LogP contribution in [-0.4, -0.2) is 11.6 Å². The van der Waals surface area contributed by atoms with Crippen LogP contribution in [0.3, 0.4) is 0 Å². The molecule has 0 fully saturated rings. The molecular formula is C16H13ClO2S. The van der Waals surface area contributed by atoms with Crippen molar-refractivity contribution in [1.82, 2.24) is 0 Å². The van der Waals surface area contributed by atoms with Crippen molar-refractivity contribution in [2.75, 3.05) is 0 Å². The molecule has 102 valence electrons. The van der Waals surface area contributed by atoms with E-state index in [9.17, 15) is 9.59 Å². The van der Waals surface area contributed by atoms with Crippen LogP contribution in [0.1, 0.15) is 16.9 Å². The topological polar surface area (TPSA) is 34.1 Å². The normalized spacial score (nSPS) is 10.8. The quantitative estimate of drug-likeness (QED) is 0.592. The summed E-state index contributed by atoms with van der Waals surface area (Å²) in [6.45, 7) is 0. The van der Waals surface area contributed by atoms with Crippen molar-refractivity contribution in [2.24, 2.45) is 0 Å². The smallest absolute Gasteiger partial charge is 0.163 e. The Morgan fingerprint density at radius 2 is 1.95 bits per heavy atom. The van der Waals surface area contributed by atoms with Crippen LogP contribution >= 0.6 is 22.9 Å². The first-order chi connectivity index (χ1) is 9.65. The van der Waals surface area contributed by atoms with Gasteiger partial charge in [-0.05, 0) is 35.2 Å². The van der Waals surface area contributed by atoms with Crippen LogP contribution in [0, 0.1) is 0 Å². The first-order valence-electron chi connectivity index (χ1n) is 6.14. The van der Waals surface area contributed by atoms with Gasteiger partial charge >= 0.3 is 0 Å². The Bertz CT molecular complexity index is 630. The van der Waals surface area contributed by atoms with Crippen LogP contribution in [0.2, 0.25) is 5.02 Å². The molecule has 20 heavy (non-hydrogen) atoms. The zero-order valence-electron chi connectivity index (χ0n) is 10.7. The number of ketones is 2. The van der Waals surface area contributed by atoms with Gasteiger partial charge in [-0.25, -0.2) is 0 Å². The minimum Gasteiger partial charge on any atom is -0.299 e. The maximum Gasteiger partial charge on any atom is 0.163 e. The number of hydrogen-bond donors (Lipinski definition) is 0. The Labute approximate surface area is 126 Å². The SMILES string of the molecule is O=C(/C=C/c1cccs1)CC(=O)Cc1ccccc1Cl. The second-order valence-corrected chi connectivity index (χ2v) is 5.69. The van der Waals surface area contributed by atoms with Crippen LogP contribution in [-0.2, 0) is 16.0 Å². The lowest BCUT2D eigenvalue weighted by atomic mass is 10.1. The Kier molecular flexibility index (Phi) is 5.27.